The third kappa shape index (κ3) is 4.83. The minimum Gasteiger partial charge on any atom is -0.384 e. The third-order valence-electron chi connectivity index (χ3n) is 6.71. The normalized spacial score (nSPS) is 17.3. The fourth-order valence-electron chi connectivity index (χ4n) is 4.95. The Hall–Kier alpha value is -3.94. The number of nitrogens with two attached hydrogens (primary N) is 1. The number of ketones is 1. The maximum Gasteiger partial charge on any atom is 0.234 e. The van der Waals surface area contributed by atoms with Gasteiger partial charge in [0.2, 0.25) is 11.0 Å². The second kappa shape index (κ2) is 10.8. The molecule has 0 saturated heterocycles. The highest BCUT2D eigenvalue weighted by Gasteiger charge is 2.41. The topological polar surface area (TPSA) is 125 Å². The van der Waals surface area contributed by atoms with Crippen LogP contribution >= 0.6 is 23.1 Å². The number of Topliss-reactive ketones (excluding diaryl/α,β-unsaturated/α-hetero) is 1. The Kier molecular flexibility index (Phi) is 7.31. The molecule has 1 aromatic heterocycles. The molecular weight excluding hydrogens is 516 g/mol. The van der Waals surface area contributed by atoms with E-state index in [2.05, 4.69) is 21.6 Å². The van der Waals surface area contributed by atoms with E-state index in [-0.39, 0.29) is 23.3 Å². The SMILES string of the molecule is Cc1cccc(C)c1NC(=O)CSc1nnc(N2C(N)=C(C#N)C(c3ccccc3)C3=C2CCCC3=O)s1. The van der Waals surface area contributed by atoms with Crippen LogP contribution in [0, 0.1) is 25.2 Å². The molecule has 192 valence electrons. The smallest absolute Gasteiger partial charge is 0.234 e. The number of aromatic nitrogens is 2. The first-order chi connectivity index (χ1) is 18.4. The van der Waals surface area contributed by atoms with Crippen LogP contribution in [-0.4, -0.2) is 27.6 Å². The number of amides is 1. The summed E-state index contributed by atoms with van der Waals surface area (Å²) in [4.78, 5) is 27.5. The number of hydrogen-bond acceptors (Lipinski definition) is 9. The zero-order chi connectivity index (χ0) is 26.8. The molecule has 1 aliphatic carbocycles. The molecule has 2 aliphatic rings. The molecule has 3 N–H and O–H groups in total. The zero-order valence-corrected chi connectivity index (χ0v) is 22.7. The number of aryl methyl sites for hydroxylation is 2. The van der Waals surface area contributed by atoms with Crippen LogP contribution in [0.1, 0.15) is 41.9 Å². The van der Waals surface area contributed by atoms with Gasteiger partial charge in [-0.25, -0.2) is 0 Å². The molecule has 8 nitrogen and oxygen atoms in total. The van der Waals surface area contributed by atoms with E-state index in [0.717, 1.165) is 28.1 Å². The van der Waals surface area contributed by atoms with E-state index < -0.39 is 5.92 Å². The molecule has 1 amide bonds. The third-order valence-corrected chi connectivity index (χ3v) is 8.75. The summed E-state index contributed by atoms with van der Waals surface area (Å²) in [6.45, 7) is 3.92. The van der Waals surface area contributed by atoms with E-state index >= 15 is 0 Å². The van der Waals surface area contributed by atoms with Crippen molar-refractivity contribution >= 4 is 45.6 Å². The number of carbonyl (C=O) groups is 2. The van der Waals surface area contributed by atoms with Crippen LogP contribution < -0.4 is 16.0 Å². The number of para-hydroxylation sites is 1. The van der Waals surface area contributed by atoms with Crippen LogP contribution in [0.15, 0.2) is 75.5 Å². The maximum absolute atomic E-state index is 13.2. The van der Waals surface area contributed by atoms with Gasteiger partial charge >= 0.3 is 0 Å². The molecule has 2 aromatic carbocycles. The van der Waals surface area contributed by atoms with Gasteiger partial charge in [-0.1, -0.05) is 71.6 Å². The van der Waals surface area contributed by atoms with Gasteiger partial charge in [-0.3, -0.25) is 14.5 Å². The van der Waals surface area contributed by atoms with Gasteiger partial charge in [0, 0.05) is 23.4 Å². The average Bonchev–Trinajstić information content (AvgIpc) is 3.38. The number of nitriles is 1. The van der Waals surface area contributed by atoms with Gasteiger partial charge in [0.05, 0.1) is 23.3 Å². The van der Waals surface area contributed by atoms with E-state index in [1.165, 1.54) is 23.1 Å². The number of carbonyl (C=O) groups excluding carboxylic acids is 2. The second-order valence-corrected chi connectivity index (χ2v) is 11.4. The highest BCUT2D eigenvalue weighted by atomic mass is 32.2. The number of nitrogens with zero attached hydrogens (tertiary/aromatic N) is 4. The van der Waals surface area contributed by atoms with Crippen molar-refractivity contribution in [3.05, 3.63) is 87.9 Å². The molecule has 3 aromatic rings. The predicted molar refractivity (Wildman–Crippen MR) is 150 cm³/mol. The van der Waals surface area contributed by atoms with E-state index in [1.54, 1.807) is 4.90 Å². The van der Waals surface area contributed by atoms with Gasteiger partial charge in [0.25, 0.3) is 0 Å². The number of allylic oxidation sites excluding steroid dienone is 3. The fourth-order valence-corrected chi connectivity index (χ4v) is 6.63. The highest BCUT2D eigenvalue weighted by molar-refractivity contribution is 8.01. The predicted octanol–water partition coefficient (Wildman–Crippen LogP) is 5.19. The fraction of sp³-hybridized carbons (Fsp3) is 0.250. The summed E-state index contributed by atoms with van der Waals surface area (Å²) in [7, 11) is 0. The Morgan fingerprint density at radius 3 is 2.61 bits per heavy atom. The molecule has 1 atom stereocenters. The maximum atomic E-state index is 13.2. The lowest BCUT2D eigenvalue weighted by molar-refractivity contribution is -0.116. The Morgan fingerprint density at radius 2 is 1.89 bits per heavy atom. The van der Waals surface area contributed by atoms with Crippen LogP contribution in [0.2, 0.25) is 0 Å². The molecule has 5 rings (SSSR count). The molecule has 0 fully saturated rings. The van der Waals surface area contributed by atoms with Gasteiger partial charge in [-0.15, -0.1) is 10.2 Å². The standard InChI is InChI=1S/C28H26N6O2S2/c1-16-8-6-9-17(2)25(16)31-22(36)15-37-28-33-32-27(38-28)34-20-12-7-13-21(35)24(20)23(19(14-29)26(34)30)18-10-4-3-5-11-18/h3-6,8-11,23H,7,12-13,15,30H2,1-2H3,(H,31,36). The summed E-state index contributed by atoms with van der Waals surface area (Å²) in [6.07, 6.45) is 1.77. The first-order valence-electron chi connectivity index (χ1n) is 12.2. The number of thioether (sulfide) groups is 1. The summed E-state index contributed by atoms with van der Waals surface area (Å²) in [5, 5.41) is 22.2. The van der Waals surface area contributed by atoms with Crippen LogP contribution in [0.4, 0.5) is 10.8 Å². The molecule has 0 saturated carbocycles. The molecule has 1 unspecified atom stereocenters. The van der Waals surface area contributed by atoms with Crippen LogP contribution in [-0.2, 0) is 9.59 Å². The number of nitrogens with one attached hydrogen (secondary N) is 1. The second-order valence-electron chi connectivity index (χ2n) is 9.18. The van der Waals surface area contributed by atoms with Crippen molar-refractivity contribution < 1.29 is 9.59 Å². The molecule has 0 radical (unpaired) electrons. The van der Waals surface area contributed by atoms with E-state index in [9.17, 15) is 14.9 Å². The highest BCUT2D eigenvalue weighted by Crippen LogP contribution is 2.47. The van der Waals surface area contributed by atoms with Crippen molar-refractivity contribution in [1.82, 2.24) is 10.2 Å². The lowest BCUT2D eigenvalue weighted by Crippen LogP contribution is -2.38. The van der Waals surface area contributed by atoms with E-state index in [1.807, 2.05) is 62.4 Å². The van der Waals surface area contributed by atoms with Crippen molar-refractivity contribution in [2.75, 3.05) is 16.0 Å². The van der Waals surface area contributed by atoms with E-state index in [0.29, 0.717) is 39.9 Å². The average molecular weight is 543 g/mol. The molecule has 0 spiro atoms. The molecule has 2 heterocycles. The van der Waals surface area contributed by atoms with Crippen LogP contribution in [0.3, 0.4) is 0 Å². The summed E-state index contributed by atoms with van der Waals surface area (Å²) >= 11 is 2.56. The van der Waals surface area contributed by atoms with E-state index in [4.69, 9.17) is 5.73 Å². The van der Waals surface area contributed by atoms with Crippen molar-refractivity contribution in [3.8, 4) is 6.07 Å². The van der Waals surface area contributed by atoms with Crippen molar-refractivity contribution in [2.24, 2.45) is 5.73 Å². The molecule has 38 heavy (non-hydrogen) atoms. The number of hydrogen-bond donors (Lipinski definition) is 2. The lowest BCUT2D eigenvalue weighted by Gasteiger charge is -2.38. The van der Waals surface area contributed by atoms with Gasteiger partial charge in [0.1, 0.15) is 5.82 Å². The monoisotopic (exact) mass is 542 g/mol. The van der Waals surface area contributed by atoms with Crippen LogP contribution in [0.5, 0.6) is 0 Å². The molecule has 1 aliphatic heterocycles. The van der Waals surface area contributed by atoms with Crippen molar-refractivity contribution in [2.45, 2.75) is 43.4 Å². The Balaban J connectivity index is 1.41. The minimum atomic E-state index is -0.504. The lowest BCUT2D eigenvalue weighted by atomic mass is 9.76. The van der Waals surface area contributed by atoms with Crippen LogP contribution in [0.25, 0.3) is 0 Å². The van der Waals surface area contributed by atoms with Gasteiger partial charge in [0.15, 0.2) is 10.1 Å². The van der Waals surface area contributed by atoms with Gasteiger partial charge in [-0.2, -0.15) is 5.26 Å². The summed E-state index contributed by atoms with van der Waals surface area (Å²) in [5.41, 5.74) is 12.0. The number of anilines is 2. The minimum absolute atomic E-state index is 0.0210. The van der Waals surface area contributed by atoms with Gasteiger partial charge < -0.3 is 11.1 Å². The Labute approximate surface area is 229 Å². The number of rotatable bonds is 6. The first kappa shape index (κ1) is 25.7. The Morgan fingerprint density at radius 1 is 1.16 bits per heavy atom. The molecular formula is C28H26N6O2S2. The Bertz CT molecular complexity index is 1500. The molecule has 10 heteroatoms. The first-order valence-corrected chi connectivity index (χ1v) is 14.0. The van der Waals surface area contributed by atoms with Gasteiger partial charge in [-0.05, 0) is 43.4 Å². The summed E-state index contributed by atoms with van der Waals surface area (Å²) in [6, 6.07) is 17.7. The van der Waals surface area contributed by atoms with Crippen molar-refractivity contribution in [1.29, 1.82) is 5.26 Å². The summed E-state index contributed by atoms with van der Waals surface area (Å²) in [5.74, 6) is -0.194. The molecule has 0 bridgehead atoms. The summed E-state index contributed by atoms with van der Waals surface area (Å²) < 4.78 is 0.595. The quantitative estimate of drug-likeness (QED) is 0.408. The zero-order valence-electron chi connectivity index (χ0n) is 21.0. The number of benzene rings is 2. The largest absolute Gasteiger partial charge is 0.384 e. The van der Waals surface area contributed by atoms with Crippen molar-refractivity contribution in [3.63, 3.8) is 0 Å².